The minimum atomic E-state index is -0.263. The normalized spacial score (nSPS) is 20.6. The third kappa shape index (κ3) is 2.57. The highest BCUT2D eigenvalue weighted by atomic mass is 19.1. The molecule has 4 rings (SSSR count). The van der Waals surface area contributed by atoms with Crippen LogP contribution in [0.3, 0.4) is 0 Å². The summed E-state index contributed by atoms with van der Waals surface area (Å²) in [5, 5.41) is 2.95. The monoisotopic (exact) mass is 345 g/mol. The zero-order valence-corrected chi connectivity index (χ0v) is 14.8. The Kier molecular flexibility index (Phi) is 3.91. The molecule has 3 heterocycles. The van der Waals surface area contributed by atoms with E-state index < -0.39 is 0 Å². The number of para-hydroxylation sites is 1. The number of carbonyl (C=O) groups excluding carboxylic acids is 1. The number of fused-ring (bicyclic) bond motifs is 1. The Hall–Kier alpha value is -2.15. The van der Waals surface area contributed by atoms with E-state index in [-0.39, 0.29) is 17.4 Å². The van der Waals surface area contributed by atoms with Gasteiger partial charge >= 0.3 is 6.03 Å². The van der Waals surface area contributed by atoms with Crippen LogP contribution in [0, 0.1) is 5.82 Å². The highest BCUT2D eigenvalue weighted by molar-refractivity contribution is 5.77. The number of urea groups is 1. The van der Waals surface area contributed by atoms with Crippen LogP contribution in [0.5, 0.6) is 0 Å². The fourth-order valence-electron chi connectivity index (χ4n) is 4.17. The lowest BCUT2D eigenvalue weighted by Crippen LogP contribution is -2.52. The van der Waals surface area contributed by atoms with E-state index in [0.717, 1.165) is 50.4 Å². The van der Waals surface area contributed by atoms with Crippen molar-refractivity contribution in [1.82, 2.24) is 24.7 Å². The maximum Gasteiger partial charge on any atom is 0.317 e. The van der Waals surface area contributed by atoms with Crippen molar-refractivity contribution in [2.75, 3.05) is 26.7 Å². The number of nitrogens with zero attached hydrogens (tertiary/aromatic N) is 4. The second-order valence-corrected chi connectivity index (χ2v) is 7.10. The number of hydrogen-bond acceptors (Lipinski definition) is 3. The second-order valence-electron chi connectivity index (χ2n) is 7.10. The number of aryl methyl sites for hydroxylation is 1. The number of piperidine rings is 1. The second kappa shape index (κ2) is 5.98. The summed E-state index contributed by atoms with van der Waals surface area (Å²) in [6, 6.07) is 5.15. The molecule has 0 aliphatic carbocycles. The predicted molar refractivity (Wildman–Crippen MR) is 93.8 cm³/mol. The van der Waals surface area contributed by atoms with Gasteiger partial charge in [0.25, 0.3) is 0 Å². The largest absolute Gasteiger partial charge is 0.336 e. The maximum atomic E-state index is 14.0. The highest BCUT2D eigenvalue weighted by Crippen LogP contribution is 2.31. The fourth-order valence-corrected chi connectivity index (χ4v) is 4.17. The molecule has 2 fully saturated rings. The Morgan fingerprint density at radius 2 is 2.08 bits per heavy atom. The number of rotatable bonds is 3. The molecule has 134 valence electrons. The lowest BCUT2D eigenvalue weighted by atomic mass is 9.87. The van der Waals surface area contributed by atoms with Crippen molar-refractivity contribution in [3.05, 3.63) is 29.8 Å². The average Bonchev–Trinajstić information content (AvgIpc) is 3.11. The first-order valence-electron chi connectivity index (χ1n) is 8.92. The molecule has 1 aromatic heterocycles. The minimum absolute atomic E-state index is 0.0247. The SMILES string of the molecule is CCn1c(CN2CCC3(CC2)CNC(=O)N3C)nc2c(F)cccc21. The summed E-state index contributed by atoms with van der Waals surface area (Å²) >= 11 is 0. The molecule has 2 saturated heterocycles. The van der Waals surface area contributed by atoms with Crippen LogP contribution in [0.1, 0.15) is 25.6 Å². The van der Waals surface area contributed by atoms with E-state index in [9.17, 15) is 9.18 Å². The number of nitrogens with one attached hydrogen (secondary N) is 1. The lowest BCUT2D eigenvalue weighted by molar-refractivity contribution is 0.0852. The van der Waals surface area contributed by atoms with Crippen molar-refractivity contribution in [2.45, 2.75) is 38.4 Å². The standard InChI is InChI=1S/C18H24FN5O/c1-3-24-14-6-4-5-13(19)16(14)21-15(24)11-23-9-7-18(8-10-23)12-20-17(25)22(18)2/h4-6H,3,7-12H2,1-2H3,(H,20,25). The summed E-state index contributed by atoms with van der Waals surface area (Å²) in [6.45, 7) is 6.10. The number of hydrogen-bond donors (Lipinski definition) is 1. The van der Waals surface area contributed by atoms with Crippen LogP contribution >= 0.6 is 0 Å². The molecule has 0 atom stereocenters. The summed E-state index contributed by atoms with van der Waals surface area (Å²) in [5.74, 6) is 0.647. The van der Waals surface area contributed by atoms with E-state index in [1.165, 1.54) is 6.07 Å². The van der Waals surface area contributed by atoms with Crippen LogP contribution in [0.2, 0.25) is 0 Å². The molecule has 6 nitrogen and oxygen atoms in total. The molecule has 0 unspecified atom stereocenters. The van der Waals surface area contributed by atoms with Crippen molar-refractivity contribution in [1.29, 1.82) is 0 Å². The molecule has 0 bridgehead atoms. The molecular formula is C18H24FN5O. The first-order valence-corrected chi connectivity index (χ1v) is 8.92. The molecule has 1 spiro atoms. The molecule has 0 saturated carbocycles. The number of likely N-dealkylation sites (N-methyl/N-ethyl adjacent to an activating group) is 1. The van der Waals surface area contributed by atoms with Crippen molar-refractivity contribution >= 4 is 17.1 Å². The topological polar surface area (TPSA) is 53.4 Å². The number of carbonyl (C=O) groups is 1. The smallest absolute Gasteiger partial charge is 0.317 e. The van der Waals surface area contributed by atoms with Crippen LogP contribution in [0.4, 0.5) is 9.18 Å². The number of imidazole rings is 1. The van der Waals surface area contributed by atoms with Gasteiger partial charge in [-0.15, -0.1) is 0 Å². The van der Waals surface area contributed by atoms with Crippen LogP contribution in [0.25, 0.3) is 11.0 Å². The van der Waals surface area contributed by atoms with E-state index in [0.29, 0.717) is 12.1 Å². The first kappa shape index (κ1) is 16.3. The van der Waals surface area contributed by atoms with Gasteiger partial charge in [-0.3, -0.25) is 4.90 Å². The molecule has 2 amide bonds. The van der Waals surface area contributed by atoms with Gasteiger partial charge in [0.05, 0.1) is 17.6 Å². The number of benzene rings is 1. The average molecular weight is 345 g/mol. The number of likely N-dealkylation sites (tertiary alicyclic amines) is 1. The van der Waals surface area contributed by atoms with E-state index in [2.05, 4.69) is 26.7 Å². The van der Waals surface area contributed by atoms with Gasteiger partial charge in [-0.05, 0) is 31.9 Å². The summed E-state index contributed by atoms with van der Waals surface area (Å²) in [7, 11) is 1.89. The molecule has 2 aromatic rings. The van der Waals surface area contributed by atoms with Gasteiger partial charge in [0.1, 0.15) is 11.3 Å². The lowest BCUT2D eigenvalue weighted by Gasteiger charge is -2.42. The van der Waals surface area contributed by atoms with Crippen molar-refractivity contribution < 1.29 is 9.18 Å². The first-order chi connectivity index (χ1) is 12.0. The Morgan fingerprint density at radius 1 is 1.32 bits per heavy atom. The van der Waals surface area contributed by atoms with Gasteiger partial charge in [0, 0.05) is 33.2 Å². The third-order valence-electron chi connectivity index (χ3n) is 5.86. The van der Waals surface area contributed by atoms with Gasteiger partial charge in [0.15, 0.2) is 5.82 Å². The molecule has 2 aliphatic rings. The summed E-state index contributed by atoms with van der Waals surface area (Å²) in [6.07, 6.45) is 1.89. The Morgan fingerprint density at radius 3 is 2.72 bits per heavy atom. The Balaban J connectivity index is 1.52. The molecule has 25 heavy (non-hydrogen) atoms. The van der Waals surface area contributed by atoms with Gasteiger partial charge in [-0.1, -0.05) is 6.07 Å². The van der Waals surface area contributed by atoms with Crippen LogP contribution in [-0.4, -0.2) is 57.6 Å². The molecule has 1 N–H and O–H groups in total. The van der Waals surface area contributed by atoms with E-state index >= 15 is 0 Å². The fraction of sp³-hybridized carbons (Fsp3) is 0.556. The molecular weight excluding hydrogens is 321 g/mol. The van der Waals surface area contributed by atoms with Crippen LogP contribution in [-0.2, 0) is 13.1 Å². The number of aromatic nitrogens is 2. The van der Waals surface area contributed by atoms with Gasteiger partial charge in [-0.2, -0.15) is 0 Å². The summed E-state index contributed by atoms with van der Waals surface area (Å²) < 4.78 is 16.1. The highest BCUT2D eigenvalue weighted by Gasteiger charge is 2.45. The molecule has 2 aliphatic heterocycles. The molecule has 0 radical (unpaired) electrons. The van der Waals surface area contributed by atoms with Gasteiger partial charge < -0.3 is 14.8 Å². The Labute approximate surface area is 146 Å². The zero-order chi connectivity index (χ0) is 17.6. The minimum Gasteiger partial charge on any atom is -0.336 e. The van der Waals surface area contributed by atoms with Gasteiger partial charge in [0.2, 0.25) is 0 Å². The van der Waals surface area contributed by atoms with Crippen molar-refractivity contribution in [3.63, 3.8) is 0 Å². The van der Waals surface area contributed by atoms with E-state index in [1.54, 1.807) is 6.07 Å². The summed E-state index contributed by atoms with van der Waals surface area (Å²) in [4.78, 5) is 20.6. The van der Waals surface area contributed by atoms with Crippen molar-refractivity contribution in [3.8, 4) is 0 Å². The Bertz CT molecular complexity index is 809. The van der Waals surface area contributed by atoms with Gasteiger partial charge in [-0.25, -0.2) is 14.2 Å². The van der Waals surface area contributed by atoms with Crippen LogP contribution in [0.15, 0.2) is 18.2 Å². The number of amides is 2. The van der Waals surface area contributed by atoms with E-state index in [4.69, 9.17) is 0 Å². The van der Waals surface area contributed by atoms with E-state index in [1.807, 2.05) is 18.0 Å². The predicted octanol–water partition coefficient (Wildman–Crippen LogP) is 2.18. The number of halogens is 1. The third-order valence-corrected chi connectivity index (χ3v) is 5.86. The molecule has 7 heteroatoms. The van der Waals surface area contributed by atoms with Crippen LogP contribution < -0.4 is 5.32 Å². The zero-order valence-electron chi connectivity index (χ0n) is 14.8. The summed E-state index contributed by atoms with van der Waals surface area (Å²) in [5.41, 5.74) is 1.26. The van der Waals surface area contributed by atoms with Crippen molar-refractivity contribution in [2.24, 2.45) is 0 Å². The quantitative estimate of drug-likeness (QED) is 0.928. The molecule has 1 aromatic carbocycles. The maximum absolute atomic E-state index is 14.0.